The molecule has 33 heavy (non-hydrogen) atoms. The number of ketones is 1. The van der Waals surface area contributed by atoms with Gasteiger partial charge < -0.3 is 19.8 Å². The minimum atomic E-state index is -0.559. The SMILES string of the molecule is O=C(/C=C/c1ccc(Cn2cc(Br)c([N+](=O)[O-])n2)o1)c1ccc2c(c1)Nc1ccccc1S2. The molecule has 0 bridgehead atoms. The summed E-state index contributed by atoms with van der Waals surface area (Å²) in [6.45, 7) is 0.226. The number of benzene rings is 2. The number of allylic oxidation sites excluding steroid dienone is 1. The molecule has 5 rings (SSSR count). The largest absolute Gasteiger partial charge is 0.460 e. The van der Waals surface area contributed by atoms with Gasteiger partial charge >= 0.3 is 5.82 Å². The van der Waals surface area contributed by atoms with E-state index in [2.05, 4.69) is 32.4 Å². The van der Waals surface area contributed by atoms with E-state index in [1.54, 1.807) is 30.0 Å². The topological polar surface area (TPSA) is 103 Å². The van der Waals surface area contributed by atoms with Gasteiger partial charge in [0.15, 0.2) is 5.78 Å². The molecule has 10 heteroatoms. The Morgan fingerprint density at radius 3 is 2.82 bits per heavy atom. The number of hydrogen-bond acceptors (Lipinski definition) is 7. The predicted molar refractivity (Wildman–Crippen MR) is 128 cm³/mol. The maximum absolute atomic E-state index is 12.7. The van der Waals surface area contributed by atoms with E-state index in [1.807, 2.05) is 36.4 Å². The van der Waals surface area contributed by atoms with E-state index < -0.39 is 4.92 Å². The van der Waals surface area contributed by atoms with Gasteiger partial charge in [-0.3, -0.25) is 4.79 Å². The second-order valence-corrected chi connectivity index (χ2v) is 9.13. The molecule has 1 aliphatic rings. The minimum Gasteiger partial charge on any atom is -0.460 e. The number of nitrogens with one attached hydrogen (secondary N) is 1. The molecule has 0 amide bonds. The lowest BCUT2D eigenvalue weighted by molar-refractivity contribution is -0.390. The summed E-state index contributed by atoms with van der Waals surface area (Å²) in [6.07, 6.45) is 4.58. The van der Waals surface area contributed by atoms with Gasteiger partial charge in [0.1, 0.15) is 22.5 Å². The highest BCUT2D eigenvalue weighted by Crippen LogP contribution is 2.44. The number of rotatable bonds is 6. The minimum absolute atomic E-state index is 0.145. The normalized spacial score (nSPS) is 12.3. The molecule has 164 valence electrons. The Kier molecular flexibility index (Phi) is 5.61. The number of nitro groups is 1. The number of carbonyl (C=O) groups excluding carboxylic acids is 1. The van der Waals surface area contributed by atoms with Crippen molar-refractivity contribution in [1.82, 2.24) is 9.78 Å². The van der Waals surface area contributed by atoms with Crippen molar-refractivity contribution in [2.75, 3.05) is 5.32 Å². The van der Waals surface area contributed by atoms with Crippen molar-refractivity contribution in [3.8, 4) is 0 Å². The van der Waals surface area contributed by atoms with E-state index in [0.717, 1.165) is 21.2 Å². The van der Waals surface area contributed by atoms with Crippen molar-refractivity contribution >= 4 is 56.7 Å². The first-order valence-electron chi connectivity index (χ1n) is 9.83. The van der Waals surface area contributed by atoms with Crippen LogP contribution in [0.5, 0.6) is 0 Å². The van der Waals surface area contributed by atoms with Crippen molar-refractivity contribution in [2.24, 2.45) is 0 Å². The number of fused-ring (bicyclic) bond motifs is 2. The Labute approximate surface area is 200 Å². The van der Waals surface area contributed by atoms with Crippen LogP contribution in [0.3, 0.4) is 0 Å². The summed E-state index contributed by atoms with van der Waals surface area (Å²) in [5.41, 5.74) is 2.49. The molecule has 2 aromatic carbocycles. The first kappa shape index (κ1) is 21.2. The summed E-state index contributed by atoms with van der Waals surface area (Å²) in [5.74, 6) is 0.655. The van der Waals surface area contributed by atoms with E-state index in [9.17, 15) is 14.9 Å². The van der Waals surface area contributed by atoms with Crippen LogP contribution in [0.4, 0.5) is 17.2 Å². The Morgan fingerprint density at radius 2 is 2.00 bits per heavy atom. The van der Waals surface area contributed by atoms with E-state index in [4.69, 9.17) is 4.42 Å². The molecule has 0 atom stereocenters. The Hall–Kier alpha value is -3.63. The Balaban J connectivity index is 1.27. The summed E-state index contributed by atoms with van der Waals surface area (Å²) in [4.78, 5) is 25.3. The highest BCUT2D eigenvalue weighted by atomic mass is 79.9. The predicted octanol–water partition coefficient (Wildman–Crippen LogP) is 6.30. The maximum Gasteiger partial charge on any atom is 0.404 e. The van der Waals surface area contributed by atoms with Crippen LogP contribution in [-0.4, -0.2) is 20.5 Å². The van der Waals surface area contributed by atoms with Gasteiger partial charge in [-0.1, -0.05) is 23.9 Å². The number of carbonyl (C=O) groups is 1. The molecule has 0 saturated carbocycles. The van der Waals surface area contributed by atoms with E-state index in [1.165, 1.54) is 17.0 Å². The lowest BCUT2D eigenvalue weighted by Crippen LogP contribution is -2.02. The number of anilines is 2. The first-order chi connectivity index (χ1) is 16.0. The third-order valence-corrected chi connectivity index (χ3v) is 6.62. The van der Waals surface area contributed by atoms with Crippen molar-refractivity contribution < 1.29 is 14.1 Å². The fourth-order valence-corrected chi connectivity index (χ4v) is 4.80. The quantitative estimate of drug-likeness (QED) is 0.121. The van der Waals surface area contributed by atoms with Crippen molar-refractivity contribution in [3.63, 3.8) is 0 Å². The van der Waals surface area contributed by atoms with Crippen molar-refractivity contribution in [3.05, 3.63) is 98.5 Å². The van der Waals surface area contributed by atoms with Gasteiger partial charge in [0, 0.05) is 15.4 Å². The molecule has 2 aromatic heterocycles. The Bertz CT molecular complexity index is 1430. The molecule has 4 aromatic rings. The van der Waals surface area contributed by atoms with Gasteiger partial charge in [-0.15, -0.1) is 0 Å². The molecule has 3 heterocycles. The van der Waals surface area contributed by atoms with Crippen LogP contribution in [0, 0.1) is 10.1 Å². The molecule has 0 saturated heterocycles. The van der Waals surface area contributed by atoms with Gasteiger partial charge in [0.25, 0.3) is 0 Å². The smallest absolute Gasteiger partial charge is 0.404 e. The number of furan rings is 1. The summed E-state index contributed by atoms with van der Waals surface area (Å²) >= 11 is 4.79. The number of hydrogen-bond donors (Lipinski definition) is 1. The van der Waals surface area contributed by atoms with Crippen molar-refractivity contribution in [2.45, 2.75) is 16.3 Å². The second kappa shape index (κ2) is 8.72. The average molecular weight is 523 g/mol. The average Bonchev–Trinajstić information content (AvgIpc) is 3.41. The van der Waals surface area contributed by atoms with E-state index in [0.29, 0.717) is 21.6 Å². The summed E-state index contributed by atoms with van der Waals surface area (Å²) < 4.78 is 7.42. The van der Waals surface area contributed by atoms with Crippen LogP contribution in [0.2, 0.25) is 0 Å². The fraction of sp³-hybridized carbons (Fsp3) is 0.0435. The number of aromatic nitrogens is 2. The van der Waals surface area contributed by atoms with Gasteiger partial charge in [0.05, 0.1) is 22.7 Å². The zero-order chi connectivity index (χ0) is 22.9. The molecular formula is C23H15BrN4O4S. The first-order valence-corrected chi connectivity index (χ1v) is 11.4. The van der Waals surface area contributed by atoms with Crippen LogP contribution in [0.25, 0.3) is 6.08 Å². The number of halogens is 1. The van der Waals surface area contributed by atoms with E-state index >= 15 is 0 Å². The Morgan fingerprint density at radius 1 is 1.18 bits per heavy atom. The third kappa shape index (κ3) is 4.48. The van der Waals surface area contributed by atoms with Gasteiger partial charge in [-0.05, 0) is 75.5 Å². The standard InChI is InChI=1S/C23H15BrN4O4S/c24-17-13-27(26-23(17)28(30)31)12-16-7-6-15(32-16)8-9-20(29)14-5-10-22-19(11-14)25-18-3-1-2-4-21(18)33-22/h1-11,13,25H,12H2/b9-8+. The molecule has 0 spiro atoms. The highest BCUT2D eigenvalue weighted by molar-refractivity contribution is 9.10. The van der Waals surface area contributed by atoms with Crippen molar-refractivity contribution in [1.29, 1.82) is 0 Å². The lowest BCUT2D eigenvalue weighted by atomic mass is 10.1. The maximum atomic E-state index is 12.7. The molecular weight excluding hydrogens is 508 g/mol. The monoisotopic (exact) mass is 522 g/mol. The molecule has 1 N–H and O–H groups in total. The second-order valence-electron chi connectivity index (χ2n) is 7.19. The van der Waals surface area contributed by atoms with Crippen LogP contribution < -0.4 is 5.32 Å². The summed E-state index contributed by atoms with van der Waals surface area (Å²) in [5, 5.41) is 18.2. The molecule has 8 nitrogen and oxygen atoms in total. The highest BCUT2D eigenvalue weighted by Gasteiger charge is 2.19. The molecule has 0 fully saturated rings. The molecule has 1 aliphatic heterocycles. The van der Waals surface area contributed by atoms with Crippen LogP contribution in [0.1, 0.15) is 21.9 Å². The summed E-state index contributed by atoms with van der Waals surface area (Å²) in [7, 11) is 0. The zero-order valence-corrected chi connectivity index (χ0v) is 19.3. The molecule has 0 unspecified atom stereocenters. The molecule has 0 radical (unpaired) electrons. The van der Waals surface area contributed by atoms with Crippen LogP contribution >= 0.6 is 27.7 Å². The van der Waals surface area contributed by atoms with Gasteiger partial charge in [0.2, 0.25) is 0 Å². The lowest BCUT2D eigenvalue weighted by Gasteiger charge is -2.20. The van der Waals surface area contributed by atoms with Gasteiger partial charge in [-0.2, -0.15) is 4.68 Å². The number of para-hydroxylation sites is 1. The summed E-state index contributed by atoms with van der Waals surface area (Å²) in [6, 6.07) is 17.1. The third-order valence-electron chi connectivity index (χ3n) is 4.91. The van der Waals surface area contributed by atoms with Crippen LogP contribution in [0.15, 0.2) is 85.6 Å². The fourth-order valence-electron chi connectivity index (χ4n) is 3.37. The molecule has 0 aliphatic carbocycles. The van der Waals surface area contributed by atoms with Gasteiger partial charge in [-0.25, -0.2) is 0 Å². The zero-order valence-electron chi connectivity index (χ0n) is 16.9. The number of nitrogens with zero attached hydrogens (tertiary/aromatic N) is 3. The van der Waals surface area contributed by atoms with Crippen LogP contribution in [-0.2, 0) is 6.54 Å². The van der Waals surface area contributed by atoms with E-state index in [-0.39, 0.29) is 18.1 Å².